The number of carbonyl (C=O) groups is 2. The monoisotopic (exact) mass is 426 g/mol. The molecule has 4 rings (SSSR count). The van der Waals surface area contributed by atoms with Gasteiger partial charge in [-0.1, -0.05) is 23.7 Å². The summed E-state index contributed by atoms with van der Waals surface area (Å²) < 4.78 is 5.30. The number of carbonyl (C=O) groups excluding carboxylic acids is 2. The summed E-state index contributed by atoms with van der Waals surface area (Å²) in [5.74, 6) is -0.115. The number of anilines is 1. The van der Waals surface area contributed by atoms with Crippen molar-refractivity contribution in [3.8, 4) is 5.75 Å². The van der Waals surface area contributed by atoms with Crippen LogP contribution in [0, 0.1) is 10.1 Å². The van der Waals surface area contributed by atoms with E-state index >= 15 is 0 Å². The Morgan fingerprint density at radius 3 is 2.70 bits per heavy atom. The number of rotatable bonds is 4. The predicted octanol–water partition coefficient (Wildman–Crippen LogP) is 4.78. The molecule has 1 atom stereocenters. The Kier molecular flexibility index (Phi) is 5.30. The molecule has 0 radical (unpaired) electrons. The molecule has 0 bridgehead atoms. The van der Waals surface area contributed by atoms with Crippen molar-refractivity contribution in [1.82, 2.24) is 0 Å². The van der Waals surface area contributed by atoms with Gasteiger partial charge >= 0.3 is 0 Å². The van der Waals surface area contributed by atoms with E-state index in [-0.39, 0.29) is 34.5 Å². The molecule has 1 heterocycles. The van der Waals surface area contributed by atoms with Gasteiger partial charge < -0.3 is 4.74 Å². The van der Waals surface area contributed by atoms with E-state index in [0.29, 0.717) is 36.3 Å². The molecule has 7 nitrogen and oxygen atoms in total. The summed E-state index contributed by atoms with van der Waals surface area (Å²) in [7, 11) is 1.56. The van der Waals surface area contributed by atoms with Crippen molar-refractivity contribution < 1.29 is 19.2 Å². The zero-order chi connectivity index (χ0) is 21.4. The van der Waals surface area contributed by atoms with Crippen LogP contribution in [-0.2, 0) is 9.59 Å². The van der Waals surface area contributed by atoms with Crippen LogP contribution < -0.4 is 9.64 Å². The number of methoxy groups -OCH3 is 1. The van der Waals surface area contributed by atoms with Crippen molar-refractivity contribution in [2.75, 3.05) is 12.0 Å². The fourth-order valence-corrected chi connectivity index (χ4v) is 4.41. The van der Waals surface area contributed by atoms with E-state index in [4.69, 9.17) is 16.3 Å². The Labute approximate surface area is 178 Å². The summed E-state index contributed by atoms with van der Waals surface area (Å²) >= 11 is 6.09. The Morgan fingerprint density at radius 2 is 1.97 bits per heavy atom. The van der Waals surface area contributed by atoms with Gasteiger partial charge in [-0.3, -0.25) is 24.6 Å². The molecular weight excluding hydrogens is 408 g/mol. The van der Waals surface area contributed by atoms with E-state index in [1.807, 2.05) is 18.2 Å². The maximum Gasteiger partial charge on any atom is 0.293 e. The summed E-state index contributed by atoms with van der Waals surface area (Å²) in [5, 5.41) is 11.9. The molecule has 0 fully saturated rings. The average Bonchev–Trinajstić information content (AvgIpc) is 2.73. The number of allylic oxidation sites excluding steroid dienone is 2. The number of hydrogen-bond acceptors (Lipinski definition) is 5. The molecule has 0 N–H and O–H groups in total. The molecule has 2 aromatic rings. The lowest BCUT2D eigenvalue weighted by Crippen LogP contribution is -2.40. The van der Waals surface area contributed by atoms with Gasteiger partial charge in [0.2, 0.25) is 5.91 Å². The van der Waals surface area contributed by atoms with Crippen LogP contribution in [0.4, 0.5) is 11.4 Å². The van der Waals surface area contributed by atoms with E-state index in [1.165, 1.54) is 23.1 Å². The van der Waals surface area contributed by atoms with Gasteiger partial charge in [0.1, 0.15) is 11.4 Å². The topological polar surface area (TPSA) is 89.8 Å². The van der Waals surface area contributed by atoms with E-state index in [0.717, 1.165) is 5.56 Å². The van der Waals surface area contributed by atoms with Crippen molar-refractivity contribution in [2.45, 2.75) is 31.6 Å². The van der Waals surface area contributed by atoms with Crippen LogP contribution in [0.1, 0.15) is 37.2 Å². The quantitative estimate of drug-likeness (QED) is 0.518. The minimum Gasteiger partial charge on any atom is -0.497 e. The van der Waals surface area contributed by atoms with Crippen molar-refractivity contribution in [2.24, 2.45) is 0 Å². The second kappa shape index (κ2) is 7.91. The number of Topliss-reactive ketones (excluding diaryl/α,β-unsaturated/α-hetero) is 1. The SMILES string of the molecule is COc1cccc(C2CC(=O)N(c3cc(Cl)ccc3[N+](=O)[O-])C3=C2C(=O)CCC3)c1. The van der Waals surface area contributed by atoms with E-state index in [1.54, 1.807) is 13.2 Å². The minimum atomic E-state index is -0.544. The molecule has 1 unspecified atom stereocenters. The zero-order valence-electron chi connectivity index (χ0n) is 16.3. The highest BCUT2D eigenvalue weighted by atomic mass is 35.5. The number of amides is 1. The van der Waals surface area contributed by atoms with Crippen molar-refractivity contribution >= 4 is 34.7 Å². The highest BCUT2D eigenvalue weighted by Crippen LogP contribution is 2.46. The van der Waals surface area contributed by atoms with Crippen LogP contribution >= 0.6 is 11.6 Å². The smallest absolute Gasteiger partial charge is 0.293 e. The molecule has 0 saturated carbocycles. The third-order valence-corrected chi connectivity index (χ3v) is 5.78. The molecule has 0 saturated heterocycles. The first kappa shape index (κ1) is 20.1. The van der Waals surface area contributed by atoms with Crippen LogP contribution in [0.5, 0.6) is 5.75 Å². The number of ketones is 1. The van der Waals surface area contributed by atoms with E-state index in [9.17, 15) is 19.7 Å². The molecule has 30 heavy (non-hydrogen) atoms. The Balaban J connectivity index is 1.91. The average molecular weight is 427 g/mol. The lowest BCUT2D eigenvalue weighted by atomic mass is 9.77. The van der Waals surface area contributed by atoms with Gasteiger partial charge in [-0.05, 0) is 42.7 Å². The minimum absolute atomic E-state index is 0.0292. The molecule has 8 heteroatoms. The lowest BCUT2D eigenvalue weighted by molar-refractivity contribution is -0.384. The van der Waals surface area contributed by atoms with Crippen LogP contribution in [0.25, 0.3) is 0 Å². The normalized spacial score (nSPS) is 19.0. The fourth-order valence-electron chi connectivity index (χ4n) is 4.25. The van der Waals surface area contributed by atoms with Crippen molar-refractivity contribution in [1.29, 1.82) is 0 Å². The van der Waals surface area contributed by atoms with Crippen molar-refractivity contribution in [3.63, 3.8) is 0 Å². The summed E-state index contributed by atoms with van der Waals surface area (Å²) in [6.45, 7) is 0. The molecule has 1 aliphatic heterocycles. The largest absolute Gasteiger partial charge is 0.497 e. The van der Waals surface area contributed by atoms with Crippen LogP contribution in [0.15, 0.2) is 53.7 Å². The summed E-state index contributed by atoms with van der Waals surface area (Å²) in [5.41, 5.74) is 1.76. The van der Waals surface area contributed by atoms with E-state index < -0.39 is 10.8 Å². The molecule has 154 valence electrons. The molecule has 0 aromatic heterocycles. The maximum atomic E-state index is 13.3. The number of nitro groups is 1. The van der Waals surface area contributed by atoms with Gasteiger partial charge in [0.05, 0.1) is 12.0 Å². The Morgan fingerprint density at radius 1 is 1.17 bits per heavy atom. The fraction of sp³-hybridized carbons (Fsp3) is 0.273. The van der Waals surface area contributed by atoms with Gasteiger partial charge in [0.25, 0.3) is 5.69 Å². The maximum absolute atomic E-state index is 13.3. The molecule has 2 aromatic carbocycles. The second-order valence-corrected chi connectivity index (χ2v) is 7.73. The summed E-state index contributed by atoms with van der Waals surface area (Å²) in [4.78, 5) is 38.6. The van der Waals surface area contributed by atoms with Gasteiger partial charge in [-0.15, -0.1) is 0 Å². The first-order chi connectivity index (χ1) is 14.4. The Bertz CT molecular complexity index is 1090. The standard InChI is InChI=1S/C22H19ClN2O5/c1-30-15-5-2-4-13(10-15)16-12-21(27)24(18-6-3-7-20(26)22(16)18)19-11-14(23)8-9-17(19)25(28)29/h2,4-5,8-11,16H,3,6-7,12H2,1H3. The third kappa shape index (κ3) is 3.45. The molecule has 1 aliphatic carbocycles. The van der Waals surface area contributed by atoms with Gasteiger partial charge in [-0.2, -0.15) is 0 Å². The number of hydrogen-bond donors (Lipinski definition) is 0. The Hall–Kier alpha value is -3.19. The number of nitrogens with zero attached hydrogens (tertiary/aromatic N) is 2. The third-order valence-electron chi connectivity index (χ3n) is 5.55. The number of benzene rings is 2. The molecule has 1 amide bonds. The highest BCUT2D eigenvalue weighted by molar-refractivity contribution is 6.31. The van der Waals surface area contributed by atoms with E-state index in [2.05, 4.69) is 0 Å². The highest BCUT2D eigenvalue weighted by Gasteiger charge is 2.41. The lowest BCUT2D eigenvalue weighted by Gasteiger charge is -2.38. The number of halogens is 1. The molecule has 2 aliphatic rings. The molecule has 0 spiro atoms. The molecular formula is C22H19ClN2O5. The van der Waals surface area contributed by atoms with Gasteiger partial charge in [0, 0.05) is 41.1 Å². The van der Waals surface area contributed by atoms with Crippen LogP contribution in [0.2, 0.25) is 5.02 Å². The zero-order valence-corrected chi connectivity index (χ0v) is 17.0. The number of nitro benzene ring substituents is 1. The number of ether oxygens (including phenoxy) is 1. The van der Waals surface area contributed by atoms with Gasteiger partial charge in [-0.25, -0.2) is 0 Å². The van der Waals surface area contributed by atoms with Gasteiger partial charge in [0.15, 0.2) is 5.78 Å². The first-order valence-corrected chi connectivity index (χ1v) is 9.95. The summed E-state index contributed by atoms with van der Waals surface area (Å²) in [6.07, 6.45) is 1.48. The van der Waals surface area contributed by atoms with Crippen molar-refractivity contribution in [3.05, 3.63) is 74.4 Å². The first-order valence-electron chi connectivity index (χ1n) is 9.57. The summed E-state index contributed by atoms with van der Waals surface area (Å²) in [6, 6.07) is 11.4. The van der Waals surface area contributed by atoms with Crippen LogP contribution in [-0.4, -0.2) is 23.7 Å². The predicted molar refractivity (Wildman–Crippen MR) is 112 cm³/mol. The van der Waals surface area contributed by atoms with Crippen LogP contribution in [0.3, 0.4) is 0 Å². The second-order valence-electron chi connectivity index (χ2n) is 7.29.